The largest absolute Gasteiger partial charge is 0.490 e. The number of amides is 2. The number of hydrogen-bond acceptors (Lipinski definition) is 4. The molecular formula is C17H17ClN2O4. The summed E-state index contributed by atoms with van der Waals surface area (Å²) in [7, 11) is 0. The maximum atomic E-state index is 11.8. The Kier molecular flexibility index (Phi) is 5.28. The molecule has 7 heteroatoms. The van der Waals surface area contributed by atoms with E-state index >= 15 is 0 Å². The lowest BCUT2D eigenvalue weighted by atomic mass is 10.2. The lowest BCUT2D eigenvalue weighted by molar-refractivity contribution is 0.174. The minimum Gasteiger partial charge on any atom is -0.490 e. The minimum atomic E-state index is -0.268. The Bertz CT molecular complexity index is 723. The summed E-state index contributed by atoms with van der Waals surface area (Å²) in [5.74, 6) is 2.02. The second kappa shape index (κ2) is 7.79. The summed E-state index contributed by atoms with van der Waals surface area (Å²) in [5, 5.41) is 6.04. The molecule has 0 radical (unpaired) electrons. The number of carbonyl (C=O) groups excluding carboxylic acids is 1. The molecule has 6 nitrogen and oxygen atoms in total. The molecule has 2 aromatic rings. The topological polar surface area (TPSA) is 68.8 Å². The zero-order chi connectivity index (χ0) is 16.8. The highest BCUT2D eigenvalue weighted by molar-refractivity contribution is 6.32. The number of fused-ring (bicyclic) bond motifs is 1. The molecule has 24 heavy (non-hydrogen) atoms. The Morgan fingerprint density at radius 2 is 1.96 bits per heavy atom. The second-order valence-corrected chi connectivity index (χ2v) is 5.48. The molecule has 0 unspecified atom stereocenters. The number of urea groups is 1. The number of ether oxygens (including phenoxy) is 3. The van der Waals surface area contributed by atoms with Crippen LogP contribution in [0, 0.1) is 0 Å². The Morgan fingerprint density at radius 3 is 2.83 bits per heavy atom. The Balaban J connectivity index is 1.36. The van der Waals surface area contributed by atoms with Crippen molar-refractivity contribution in [3.63, 3.8) is 0 Å². The van der Waals surface area contributed by atoms with Crippen LogP contribution < -0.4 is 24.8 Å². The van der Waals surface area contributed by atoms with Crippen LogP contribution in [0.5, 0.6) is 17.2 Å². The van der Waals surface area contributed by atoms with Crippen molar-refractivity contribution in [3.05, 3.63) is 53.1 Å². The van der Waals surface area contributed by atoms with E-state index in [9.17, 15) is 4.79 Å². The molecule has 2 aromatic carbocycles. The number of halogens is 1. The molecule has 0 spiro atoms. The summed E-state index contributed by atoms with van der Waals surface area (Å²) in [5.41, 5.74) is 0.932. The average molecular weight is 349 g/mol. The third kappa shape index (κ3) is 4.23. The van der Waals surface area contributed by atoms with Gasteiger partial charge in [-0.25, -0.2) is 4.79 Å². The quantitative estimate of drug-likeness (QED) is 0.787. The van der Waals surface area contributed by atoms with Gasteiger partial charge in [0, 0.05) is 6.54 Å². The fraction of sp³-hybridized carbons (Fsp3) is 0.235. The summed E-state index contributed by atoms with van der Waals surface area (Å²) in [4.78, 5) is 11.8. The molecule has 1 aliphatic heterocycles. The van der Waals surface area contributed by atoms with Gasteiger partial charge in [-0.1, -0.05) is 29.8 Å². The number of hydrogen-bond donors (Lipinski definition) is 2. The molecule has 0 bridgehead atoms. The van der Waals surface area contributed by atoms with Gasteiger partial charge >= 0.3 is 6.03 Å². The lowest BCUT2D eigenvalue weighted by Gasteiger charge is -2.10. The Hall–Kier alpha value is -2.60. The van der Waals surface area contributed by atoms with E-state index in [4.69, 9.17) is 25.8 Å². The molecule has 2 amide bonds. The summed E-state index contributed by atoms with van der Waals surface area (Å²) < 4.78 is 16.0. The van der Waals surface area contributed by atoms with E-state index in [-0.39, 0.29) is 12.8 Å². The highest BCUT2D eigenvalue weighted by Gasteiger charge is 2.13. The zero-order valence-electron chi connectivity index (χ0n) is 12.9. The van der Waals surface area contributed by atoms with Crippen molar-refractivity contribution in [2.75, 3.05) is 19.9 Å². The van der Waals surface area contributed by atoms with E-state index in [1.165, 1.54) is 0 Å². The second-order valence-electron chi connectivity index (χ2n) is 5.08. The van der Waals surface area contributed by atoms with Crippen LogP contribution in [0.1, 0.15) is 5.56 Å². The summed E-state index contributed by atoms with van der Waals surface area (Å²) >= 11 is 5.98. The molecule has 0 aliphatic carbocycles. The van der Waals surface area contributed by atoms with Crippen molar-refractivity contribution in [2.24, 2.45) is 0 Å². The van der Waals surface area contributed by atoms with E-state index in [0.717, 1.165) is 11.3 Å². The van der Waals surface area contributed by atoms with E-state index in [1.807, 2.05) is 30.3 Å². The van der Waals surface area contributed by atoms with E-state index in [1.54, 1.807) is 12.1 Å². The van der Waals surface area contributed by atoms with Crippen LogP contribution in [0.3, 0.4) is 0 Å². The minimum absolute atomic E-state index is 0.234. The van der Waals surface area contributed by atoms with E-state index < -0.39 is 0 Å². The van der Waals surface area contributed by atoms with Crippen molar-refractivity contribution >= 4 is 17.6 Å². The number of rotatable bonds is 6. The smallest absolute Gasteiger partial charge is 0.315 e. The van der Waals surface area contributed by atoms with Crippen LogP contribution in [0.2, 0.25) is 5.02 Å². The molecule has 0 saturated carbocycles. The Labute approximate surface area is 144 Å². The van der Waals surface area contributed by atoms with E-state index in [2.05, 4.69) is 10.6 Å². The first-order chi connectivity index (χ1) is 11.7. The van der Waals surface area contributed by atoms with Gasteiger partial charge < -0.3 is 24.8 Å². The maximum Gasteiger partial charge on any atom is 0.315 e. The molecule has 126 valence electrons. The van der Waals surface area contributed by atoms with Gasteiger partial charge in [0.05, 0.1) is 11.6 Å². The lowest BCUT2D eigenvalue weighted by Crippen LogP contribution is -2.37. The number of benzene rings is 2. The van der Waals surface area contributed by atoms with Gasteiger partial charge in [0.25, 0.3) is 0 Å². The normalized spacial score (nSPS) is 11.9. The number of para-hydroxylation sites is 1. The van der Waals surface area contributed by atoms with Gasteiger partial charge in [-0.2, -0.15) is 0 Å². The predicted molar refractivity (Wildman–Crippen MR) is 89.8 cm³/mol. The van der Waals surface area contributed by atoms with Crippen LogP contribution in [-0.2, 0) is 6.54 Å². The van der Waals surface area contributed by atoms with Gasteiger partial charge in [0.2, 0.25) is 6.79 Å². The standard InChI is InChI=1S/C17H17ClN2O4/c18-13-3-1-2-4-14(13)22-8-7-19-17(21)20-10-12-5-6-15-16(9-12)24-11-23-15/h1-6,9H,7-8,10-11H2,(H2,19,20,21). The molecule has 1 heterocycles. The fourth-order valence-electron chi connectivity index (χ4n) is 2.18. The van der Waals surface area contributed by atoms with Gasteiger partial charge in [0.15, 0.2) is 11.5 Å². The first-order valence-electron chi connectivity index (χ1n) is 7.50. The third-order valence-corrected chi connectivity index (χ3v) is 3.68. The molecule has 3 rings (SSSR count). The summed E-state index contributed by atoms with van der Waals surface area (Å²) in [6, 6.07) is 12.5. The van der Waals surface area contributed by atoms with Crippen LogP contribution in [0.15, 0.2) is 42.5 Å². The average Bonchev–Trinajstić information content (AvgIpc) is 3.06. The Morgan fingerprint density at radius 1 is 1.12 bits per heavy atom. The SMILES string of the molecule is O=C(NCCOc1ccccc1Cl)NCc1ccc2c(c1)OCO2. The molecule has 0 atom stereocenters. The highest BCUT2D eigenvalue weighted by Crippen LogP contribution is 2.32. The van der Waals surface area contributed by atoms with Crippen LogP contribution in [0.25, 0.3) is 0 Å². The van der Waals surface area contributed by atoms with Crippen LogP contribution in [-0.4, -0.2) is 26.0 Å². The zero-order valence-corrected chi connectivity index (χ0v) is 13.6. The first kappa shape index (κ1) is 16.3. The molecule has 0 fully saturated rings. The molecule has 0 saturated heterocycles. The summed E-state index contributed by atoms with van der Waals surface area (Å²) in [6.45, 7) is 1.34. The molecule has 2 N–H and O–H groups in total. The van der Waals surface area contributed by atoms with Crippen LogP contribution in [0.4, 0.5) is 4.79 Å². The first-order valence-corrected chi connectivity index (χ1v) is 7.88. The van der Waals surface area contributed by atoms with Crippen molar-refractivity contribution < 1.29 is 19.0 Å². The van der Waals surface area contributed by atoms with Gasteiger partial charge in [-0.15, -0.1) is 0 Å². The van der Waals surface area contributed by atoms with Gasteiger partial charge in [0.1, 0.15) is 12.4 Å². The predicted octanol–water partition coefficient (Wildman–Crippen LogP) is 2.95. The third-order valence-electron chi connectivity index (χ3n) is 3.37. The number of nitrogens with one attached hydrogen (secondary N) is 2. The molecular weight excluding hydrogens is 332 g/mol. The molecule has 1 aliphatic rings. The highest BCUT2D eigenvalue weighted by atomic mass is 35.5. The van der Waals surface area contributed by atoms with Crippen molar-refractivity contribution in [1.82, 2.24) is 10.6 Å². The van der Waals surface area contributed by atoms with Crippen molar-refractivity contribution in [2.45, 2.75) is 6.54 Å². The van der Waals surface area contributed by atoms with Crippen molar-refractivity contribution in [3.8, 4) is 17.2 Å². The monoisotopic (exact) mass is 348 g/mol. The fourth-order valence-corrected chi connectivity index (χ4v) is 2.37. The van der Waals surface area contributed by atoms with Crippen LogP contribution >= 0.6 is 11.6 Å². The molecule has 0 aromatic heterocycles. The van der Waals surface area contributed by atoms with E-state index in [0.29, 0.717) is 36.2 Å². The van der Waals surface area contributed by atoms with Gasteiger partial charge in [-0.05, 0) is 29.8 Å². The van der Waals surface area contributed by atoms with Crippen molar-refractivity contribution in [1.29, 1.82) is 0 Å². The number of carbonyl (C=O) groups is 1. The maximum absolute atomic E-state index is 11.8. The van der Waals surface area contributed by atoms with Gasteiger partial charge in [-0.3, -0.25) is 0 Å². The summed E-state index contributed by atoms with van der Waals surface area (Å²) in [6.07, 6.45) is 0.